The summed E-state index contributed by atoms with van der Waals surface area (Å²) in [6, 6.07) is 0. The monoisotopic (exact) mass is 813 g/mol. The van der Waals surface area contributed by atoms with E-state index in [-0.39, 0.29) is 6.61 Å². The molecule has 8 atom stereocenters. The van der Waals surface area contributed by atoms with E-state index in [2.05, 4.69) is 13.8 Å². The minimum atomic E-state index is -1.62. The van der Waals surface area contributed by atoms with Gasteiger partial charge in [0.2, 0.25) is 0 Å². The van der Waals surface area contributed by atoms with E-state index < -0.39 is 61.2 Å². The predicted molar refractivity (Wildman–Crippen MR) is 233 cm³/mol. The van der Waals surface area contributed by atoms with Crippen LogP contribution in [0.25, 0.3) is 0 Å². The Hall–Kier alpha value is -0.910. The van der Waals surface area contributed by atoms with Crippen molar-refractivity contribution in [2.75, 3.05) is 13.2 Å². The predicted octanol–water partition coefficient (Wildman–Crippen LogP) is 10.2. The number of aliphatic hydroxyl groups excluding tert-OH is 6. The molecule has 9 nitrogen and oxygen atoms in total. The number of allylic oxidation sites excluding steroid dienone is 1. The minimum absolute atomic E-state index is 0.295. The number of ether oxygens (including phenoxy) is 2. The fourth-order valence-corrected chi connectivity index (χ4v) is 8.03. The molecule has 0 aromatic carbocycles. The van der Waals surface area contributed by atoms with Gasteiger partial charge in [-0.2, -0.15) is 0 Å². The molecule has 0 radical (unpaired) electrons. The molecule has 0 spiro atoms. The maximum absolute atomic E-state index is 13.5. The smallest absolute Gasteiger partial charge is 0.186 e. The molecule has 6 N–H and O–H groups in total. The lowest BCUT2D eigenvalue weighted by Crippen LogP contribution is -2.59. The second-order valence-electron chi connectivity index (χ2n) is 17.3. The quantitative estimate of drug-likeness (QED) is 0.0261. The maximum atomic E-state index is 13.5. The van der Waals surface area contributed by atoms with Crippen molar-refractivity contribution in [1.29, 1.82) is 0 Å². The van der Waals surface area contributed by atoms with E-state index in [0.29, 0.717) is 12.8 Å². The Balaban J connectivity index is 2.34. The SMILES string of the molecule is CCCCCCCCCCCC/C=C/[C@@H](O)[C@H](CO[C@@H]1O[C@H](CO)[C@H](O)[C@H](O)[C@H]1O)C(=O)[C@H](O)CCCCCCCCCCCCCCCCCCCCCCC. The lowest BCUT2D eigenvalue weighted by molar-refractivity contribution is -0.303. The molecule has 0 aromatic rings. The zero-order valence-corrected chi connectivity index (χ0v) is 36.9. The van der Waals surface area contributed by atoms with E-state index in [0.717, 1.165) is 38.5 Å². The highest BCUT2D eigenvalue weighted by molar-refractivity contribution is 5.86. The van der Waals surface area contributed by atoms with E-state index in [9.17, 15) is 35.4 Å². The summed E-state index contributed by atoms with van der Waals surface area (Å²) in [5, 5.41) is 62.2. The van der Waals surface area contributed by atoms with Crippen LogP contribution in [0.2, 0.25) is 0 Å². The third-order valence-electron chi connectivity index (χ3n) is 12.0. The summed E-state index contributed by atoms with van der Waals surface area (Å²) < 4.78 is 11.1. The van der Waals surface area contributed by atoms with Crippen LogP contribution < -0.4 is 0 Å². The number of hydrogen-bond acceptors (Lipinski definition) is 9. The second-order valence-corrected chi connectivity index (χ2v) is 17.3. The van der Waals surface area contributed by atoms with Crippen LogP contribution >= 0.6 is 0 Å². The Morgan fingerprint density at radius 1 is 0.561 bits per heavy atom. The Labute approximate surface area is 349 Å². The van der Waals surface area contributed by atoms with Crippen molar-refractivity contribution in [3.63, 3.8) is 0 Å². The van der Waals surface area contributed by atoms with Gasteiger partial charge in [-0.25, -0.2) is 0 Å². The Morgan fingerprint density at radius 2 is 0.947 bits per heavy atom. The number of Topliss-reactive ketones (excluding diaryl/α,β-unsaturated/α-hetero) is 1. The lowest BCUT2D eigenvalue weighted by Gasteiger charge is -2.40. The van der Waals surface area contributed by atoms with Crippen LogP contribution in [-0.2, 0) is 14.3 Å². The van der Waals surface area contributed by atoms with Gasteiger partial charge in [-0.1, -0.05) is 219 Å². The molecule has 1 aliphatic rings. The van der Waals surface area contributed by atoms with Crippen LogP contribution in [0.4, 0.5) is 0 Å². The van der Waals surface area contributed by atoms with E-state index >= 15 is 0 Å². The average molecular weight is 813 g/mol. The molecule has 0 bridgehead atoms. The van der Waals surface area contributed by atoms with Gasteiger partial charge in [0.1, 0.15) is 30.5 Å². The van der Waals surface area contributed by atoms with Crippen molar-refractivity contribution in [3.8, 4) is 0 Å². The molecule has 0 unspecified atom stereocenters. The number of aliphatic hydroxyl groups is 6. The molecule has 0 aliphatic carbocycles. The number of ketones is 1. The first-order chi connectivity index (χ1) is 27.8. The van der Waals surface area contributed by atoms with Gasteiger partial charge in [-0.05, 0) is 19.3 Å². The van der Waals surface area contributed by atoms with Crippen molar-refractivity contribution in [2.24, 2.45) is 5.92 Å². The Kier molecular flexibility index (Phi) is 36.1. The molecule has 1 rings (SSSR count). The van der Waals surface area contributed by atoms with Gasteiger partial charge < -0.3 is 40.1 Å². The molecule has 0 saturated carbocycles. The van der Waals surface area contributed by atoms with Crippen LogP contribution in [0.3, 0.4) is 0 Å². The highest BCUT2D eigenvalue weighted by atomic mass is 16.7. The third kappa shape index (κ3) is 27.5. The van der Waals surface area contributed by atoms with E-state index in [1.807, 2.05) is 6.08 Å². The molecule has 0 aromatic heterocycles. The number of unbranched alkanes of at least 4 members (excludes halogenated alkanes) is 30. The first-order valence-electron chi connectivity index (χ1n) is 24.3. The van der Waals surface area contributed by atoms with Gasteiger partial charge >= 0.3 is 0 Å². The van der Waals surface area contributed by atoms with Gasteiger partial charge in [0.05, 0.1) is 25.2 Å². The van der Waals surface area contributed by atoms with Gasteiger partial charge in [-0.15, -0.1) is 0 Å². The molecule has 338 valence electrons. The summed E-state index contributed by atoms with van der Waals surface area (Å²) in [4.78, 5) is 13.5. The first-order valence-corrected chi connectivity index (χ1v) is 24.3. The van der Waals surface area contributed by atoms with Crippen molar-refractivity contribution in [2.45, 2.75) is 269 Å². The zero-order valence-electron chi connectivity index (χ0n) is 36.9. The van der Waals surface area contributed by atoms with Crippen LogP contribution in [0.5, 0.6) is 0 Å². The van der Waals surface area contributed by atoms with Crippen molar-refractivity contribution in [1.82, 2.24) is 0 Å². The molecular formula is C48H92O9. The summed E-state index contributed by atoms with van der Waals surface area (Å²) in [6.45, 7) is 3.54. The molecule has 1 fully saturated rings. The van der Waals surface area contributed by atoms with E-state index in [1.54, 1.807) is 6.08 Å². The second kappa shape index (κ2) is 38.0. The number of carbonyl (C=O) groups is 1. The zero-order chi connectivity index (χ0) is 41.8. The topological polar surface area (TPSA) is 157 Å². The Morgan fingerprint density at radius 3 is 1.35 bits per heavy atom. The first kappa shape index (κ1) is 54.1. The number of rotatable bonds is 41. The molecule has 1 heterocycles. The summed E-state index contributed by atoms with van der Waals surface area (Å²) in [5.74, 6) is -1.66. The fraction of sp³-hybridized carbons (Fsp3) is 0.938. The van der Waals surface area contributed by atoms with Crippen LogP contribution in [-0.4, -0.2) is 92.5 Å². The van der Waals surface area contributed by atoms with E-state index in [4.69, 9.17) is 9.47 Å². The van der Waals surface area contributed by atoms with Gasteiger partial charge in [0.25, 0.3) is 0 Å². The standard InChI is InChI=1S/C48H92O9/c1-3-5-7-9-11-13-15-17-18-19-20-21-22-23-24-25-27-29-31-33-35-37-42(51)44(52)40(39-56-48-47(55)46(54)45(53)43(38-49)57-48)41(50)36-34-32-30-28-26-16-14-12-10-8-6-4-2/h34,36,40-43,45-51,53-55H,3-33,35,37-39H2,1-2H3/b36-34+/t40-,41+,42+,43+,45-,46-,47+,48+/m0/s1. The van der Waals surface area contributed by atoms with Crippen molar-refractivity contribution in [3.05, 3.63) is 12.2 Å². The van der Waals surface area contributed by atoms with Crippen molar-refractivity contribution >= 4 is 5.78 Å². The summed E-state index contributed by atoms with van der Waals surface area (Å²) >= 11 is 0. The third-order valence-corrected chi connectivity index (χ3v) is 12.0. The van der Waals surface area contributed by atoms with Crippen LogP contribution in [0.1, 0.15) is 226 Å². The Bertz CT molecular complexity index is 914. The molecule has 1 aliphatic heterocycles. The normalized spacial score (nSPS) is 21.6. The highest BCUT2D eigenvalue weighted by Crippen LogP contribution is 2.24. The van der Waals surface area contributed by atoms with Gasteiger partial charge in [0, 0.05) is 0 Å². The number of carbonyl (C=O) groups excluding carboxylic acids is 1. The molecule has 9 heteroatoms. The van der Waals surface area contributed by atoms with Gasteiger partial charge in [-0.3, -0.25) is 4.79 Å². The van der Waals surface area contributed by atoms with Gasteiger partial charge in [0.15, 0.2) is 12.1 Å². The largest absolute Gasteiger partial charge is 0.394 e. The summed E-state index contributed by atoms with van der Waals surface area (Å²) in [6.07, 6.45) is 34.1. The molecule has 1 saturated heterocycles. The highest BCUT2D eigenvalue weighted by Gasteiger charge is 2.44. The van der Waals surface area contributed by atoms with Crippen molar-refractivity contribution < 1.29 is 44.9 Å². The van der Waals surface area contributed by atoms with Crippen LogP contribution in [0.15, 0.2) is 12.2 Å². The van der Waals surface area contributed by atoms with E-state index in [1.165, 1.54) is 161 Å². The summed E-state index contributed by atoms with van der Waals surface area (Å²) in [5.41, 5.74) is 0. The summed E-state index contributed by atoms with van der Waals surface area (Å²) in [7, 11) is 0. The maximum Gasteiger partial charge on any atom is 0.186 e. The number of hydrogen-bond donors (Lipinski definition) is 6. The molecule has 0 amide bonds. The lowest BCUT2D eigenvalue weighted by atomic mass is 9.91. The molecular weight excluding hydrogens is 721 g/mol. The average Bonchev–Trinajstić information content (AvgIpc) is 3.21. The molecule has 57 heavy (non-hydrogen) atoms. The minimum Gasteiger partial charge on any atom is -0.394 e. The van der Waals surface area contributed by atoms with Crippen LogP contribution in [0, 0.1) is 5.92 Å². The fourth-order valence-electron chi connectivity index (χ4n) is 8.03.